The van der Waals surface area contributed by atoms with Crippen LogP contribution in [0.1, 0.15) is 31.4 Å². The number of hydrogen-bond donors (Lipinski definition) is 2. The molecule has 1 aliphatic heterocycles. The molecule has 4 nitrogen and oxygen atoms in total. The number of ether oxygens (including phenoxy) is 1. The highest BCUT2D eigenvalue weighted by atomic mass is 19.1. The van der Waals surface area contributed by atoms with Crippen molar-refractivity contribution in [3.8, 4) is 0 Å². The Balaban J connectivity index is 1.96. The summed E-state index contributed by atoms with van der Waals surface area (Å²) < 4.78 is 19.6. The smallest absolute Gasteiger partial charge is 0.146 e. The number of hydrogen-bond acceptors (Lipinski definition) is 4. The summed E-state index contributed by atoms with van der Waals surface area (Å²) in [4.78, 5) is 2.04. The van der Waals surface area contributed by atoms with Crippen molar-refractivity contribution in [2.75, 3.05) is 31.2 Å². The van der Waals surface area contributed by atoms with Gasteiger partial charge in [-0.15, -0.1) is 0 Å². The van der Waals surface area contributed by atoms with Crippen LogP contribution in [0.5, 0.6) is 0 Å². The number of nitrogens with zero attached hydrogens (tertiary/aromatic N) is 1. The maximum atomic E-state index is 14.1. The minimum atomic E-state index is -0.213. The molecule has 1 saturated heterocycles. The highest BCUT2D eigenvalue weighted by Crippen LogP contribution is 2.26. The Bertz CT molecular complexity index is 432. The van der Waals surface area contributed by atoms with E-state index < -0.39 is 0 Å². The summed E-state index contributed by atoms with van der Waals surface area (Å²) in [5.41, 5.74) is 7.21. The molecule has 0 bridgehead atoms. The second-order valence-electron chi connectivity index (χ2n) is 5.28. The number of nitrogens with two attached hydrogens (primary N) is 1. The topological polar surface area (TPSA) is 58.7 Å². The predicted octanol–water partition coefficient (Wildman–Crippen LogP) is 1.82. The molecule has 0 saturated carbocycles. The molecule has 0 radical (unpaired) electrons. The highest BCUT2D eigenvalue weighted by molar-refractivity contribution is 5.50. The molecular formula is C15H23FN2O2. The van der Waals surface area contributed by atoms with E-state index in [1.807, 2.05) is 24.0 Å². The first-order valence-electron chi connectivity index (χ1n) is 7.14. The van der Waals surface area contributed by atoms with Crippen molar-refractivity contribution in [3.63, 3.8) is 0 Å². The van der Waals surface area contributed by atoms with Crippen LogP contribution in [0.2, 0.25) is 0 Å². The van der Waals surface area contributed by atoms with Gasteiger partial charge in [0, 0.05) is 19.1 Å². The van der Waals surface area contributed by atoms with Crippen LogP contribution < -0.4 is 10.6 Å². The quantitative estimate of drug-likeness (QED) is 0.865. The summed E-state index contributed by atoms with van der Waals surface area (Å²) in [5.74, 6) is -0.213. The van der Waals surface area contributed by atoms with Crippen LogP contribution in [0.25, 0.3) is 0 Å². The monoisotopic (exact) mass is 282 g/mol. The minimum absolute atomic E-state index is 0.0492. The van der Waals surface area contributed by atoms with E-state index in [4.69, 9.17) is 15.6 Å². The molecule has 0 unspecified atom stereocenters. The van der Waals surface area contributed by atoms with Crippen LogP contribution in [0.15, 0.2) is 18.2 Å². The number of rotatable bonds is 5. The number of benzene rings is 1. The van der Waals surface area contributed by atoms with Crippen LogP contribution in [0.4, 0.5) is 10.1 Å². The summed E-state index contributed by atoms with van der Waals surface area (Å²) in [5, 5.41) is 8.74. The maximum Gasteiger partial charge on any atom is 0.146 e. The predicted molar refractivity (Wildman–Crippen MR) is 77.3 cm³/mol. The maximum absolute atomic E-state index is 14.1. The van der Waals surface area contributed by atoms with Crippen LogP contribution in [0.3, 0.4) is 0 Å². The van der Waals surface area contributed by atoms with Gasteiger partial charge in [-0.3, -0.25) is 0 Å². The van der Waals surface area contributed by atoms with Gasteiger partial charge in [0.25, 0.3) is 0 Å². The van der Waals surface area contributed by atoms with Crippen molar-refractivity contribution in [1.29, 1.82) is 0 Å². The molecule has 20 heavy (non-hydrogen) atoms. The van der Waals surface area contributed by atoms with E-state index in [1.165, 1.54) is 6.07 Å². The Kier molecular flexibility index (Phi) is 5.34. The van der Waals surface area contributed by atoms with Gasteiger partial charge in [0.2, 0.25) is 0 Å². The fourth-order valence-electron chi connectivity index (χ4n) is 2.55. The van der Waals surface area contributed by atoms with Gasteiger partial charge in [0.1, 0.15) is 5.82 Å². The van der Waals surface area contributed by atoms with E-state index in [-0.39, 0.29) is 24.6 Å². The zero-order chi connectivity index (χ0) is 14.5. The third-order valence-corrected chi connectivity index (χ3v) is 3.73. The first-order chi connectivity index (χ1) is 9.61. The molecule has 1 aromatic rings. The second-order valence-corrected chi connectivity index (χ2v) is 5.28. The molecule has 0 aromatic heterocycles. The Hall–Kier alpha value is -1.17. The van der Waals surface area contributed by atoms with Crippen LogP contribution in [0, 0.1) is 5.82 Å². The van der Waals surface area contributed by atoms with E-state index in [9.17, 15) is 4.39 Å². The van der Waals surface area contributed by atoms with E-state index >= 15 is 0 Å². The van der Waals surface area contributed by atoms with Gasteiger partial charge in [-0.05, 0) is 37.5 Å². The zero-order valence-electron chi connectivity index (χ0n) is 11.9. The number of piperidine rings is 1. The minimum Gasteiger partial charge on any atom is -0.394 e. The molecule has 1 atom stereocenters. The lowest BCUT2D eigenvalue weighted by Crippen LogP contribution is -2.37. The number of aliphatic hydroxyl groups is 1. The van der Waals surface area contributed by atoms with Gasteiger partial charge in [-0.2, -0.15) is 0 Å². The SMILES string of the molecule is C[C@@H](N)c1ccc(N2CCC(OCCO)CC2)c(F)c1. The van der Waals surface area contributed by atoms with E-state index in [0.29, 0.717) is 12.3 Å². The van der Waals surface area contributed by atoms with Gasteiger partial charge in [-0.1, -0.05) is 6.07 Å². The molecule has 5 heteroatoms. The summed E-state index contributed by atoms with van der Waals surface area (Å²) in [7, 11) is 0. The number of aliphatic hydroxyl groups excluding tert-OH is 1. The van der Waals surface area contributed by atoms with Gasteiger partial charge in [-0.25, -0.2) is 4.39 Å². The second kappa shape index (κ2) is 7.02. The fourth-order valence-corrected chi connectivity index (χ4v) is 2.55. The molecule has 2 rings (SSSR count). The summed E-state index contributed by atoms with van der Waals surface area (Å²) in [6, 6.07) is 5.06. The van der Waals surface area contributed by atoms with E-state index in [2.05, 4.69) is 0 Å². The first kappa shape index (κ1) is 15.2. The van der Waals surface area contributed by atoms with Crippen molar-refractivity contribution >= 4 is 5.69 Å². The lowest BCUT2D eigenvalue weighted by molar-refractivity contribution is 0.0158. The number of anilines is 1. The average Bonchev–Trinajstić information content (AvgIpc) is 2.45. The number of halogens is 1. The standard InChI is InChI=1S/C15H23FN2O2/c1-11(17)12-2-3-15(14(16)10-12)18-6-4-13(5-7-18)20-9-8-19/h2-3,10-11,13,19H,4-9,17H2,1H3/t11-/m1/s1. The zero-order valence-corrected chi connectivity index (χ0v) is 11.9. The van der Waals surface area contributed by atoms with Crippen LogP contribution in [-0.4, -0.2) is 37.5 Å². The molecule has 1 aromatic carbocycles. The van der Waals surface area contributed by atoms with Crippen molar-refractivity contribution in [2.45, 2.75) is 31.9 Å². The molecule has 0 amide bonds. The fraction of sp³-hybridized carbons (Fsp3) is 0.600. The normalized spacial score (nSPS) is 18.3. The average molecular weight is 282 g/mol. The van der Waals surface area contributed by atoms with E-state index in [1.54, 1.807) is 0 Å². The molecule has 1 aliphatic rings. The summed E-state index contributed by atoms with van der Waals surface area (Å²) in [6.45, 7) is 3.81. The Morgan fingerprint density at radius 2 is 2.15 bits per heavy atom. The largest absolute Gasteiger partial charge is 0.394 e. The third-order valence-electron chi connectivity index (χ3n) is 3.73. The van der Waals surface area contributed by atoms with Gasteiger partial charge in [0.15, 0.2) is 0 Å². The Morgan fingerprint density at radius 1 is 1.45 bits per heavy atom. The van der Waals surface area contributed by atoms with Gasteiger partial charge >= 0.3 is 0 Å². The molecule has 0 spiro atoms. The summed E-state index contributed by atoms with van der Waals surface area (Å²) >= 11 is 0. The molecule has 1 fully saturated rings. The van der Waals surface area contributed by atoms with Crippen molar-refractivity contribution in [1.82, 2.24) is 0 Å². The van der Waals surface area contributed by atoms with E-state index in [0.717, 1.165) is 31.5 Å². The molecule has 0 aliphatic carbocycles. The Labute approximate surface area is 119 Å². The molecule has 1 heterocycles. The Morgan fingerprint density at radius 3 is 2.70 bits per heavy atom. The molecular weight excluding hydrogens is 259 g/mol. The molecule has 3 N–H and O–H groups in total. The van der Waals surface area contributed by atoms with Crippen molar-refractivity contribution in [2.24, 2.45) is 5.73 Å². The van der Waals surface area contributed by atoms with Crippen molar-refractivity contribution in [3.05, 3.63) is 29.6 Å². The van der Waals surface area contributed by atoms with Crippen LogP contribution in [-0.2, 0) is 4.74 Å². The van der Waals surface area contributed by atoms with Crippen LogP contribution >= 0.6 is 0 Å². The lowest BCUT2D eigenvalue weighted by Gasteiger charge is -2.33. The first-order valence-corrected chi connectivity index (χ1v) is 7.14. The lowest BCUT2D eigenvalue weighted by atomic mass is 10.0. The summed E-state index contributed by atoms with van der Waals surface area (Å²) in [6.07, 6.45) is 1.88. The van der Waals surface area contributed by atoms with Gasteiger partial charge < -0.3 is 20.5 Å². The third kappa shape index (κ3) is 3.69. The highest BCUT2D eigenvalue weighted by Gasteiger charge is 2.21. The molecule has 112 valence electrons. The van der Waals surface area contributed by atoms with Crippen molar-refractivity contribution < 1.29 is 14.2 Å². The van der Waals surface area contributed by atoms with Gasteiger partial charge in [0.05, 0.1) is 25.0 Å².